The minimum absolute atomic E-state index is 0.507. The topological polar surface area (TPSA) is 50.1 Å². The molecule has 3 heteroatoms. The molecule has 0 aliphatic heterocycles. The summed E-state index contributed by atoms with van der Waals surface area (Å²) in [4.78, 5) is 11.1. The maximum Gasteiger partial charge on any atom is 0.332 e. The number of nitrogens with zero attached hydrogens (tertiary/aromatic N) is 1. The third kappa shape index (κ3) is 4.10. The molecular weight excluding hydrogens is 190 g/mol. The summed E-state index contributed by atoms with van der Waals surface area (Å²) in [5.74, 6) is -0.507. The number of esters is 1. The molecule has 1 aromatic rings. The Morgan fingerprint density at radius 1 is 1.47 bits per heavy atom. The Morgan fingerprint density at radius 3 is 2.73 bits per heavy atom. The van der Waals surface area contributed by atoms with Crippen LogP contribution < -0.4 is 0 Å². The summed E-state index contributed by atoms with van der Waals surface area (Å²) in [6.45, 7) is 1.52. The molecule has 0 amide bonds. The van der Waals surface area contributed by atoms with Gasteiger partial charge in [-0.15, -0.1) is 0 Å². The van der Waals surface area contributed by atoms with Gasteiger partial charge in [0, 0.05) is 6.08 Å². The lowest BCUT2D eigenvalue weighted by Gasteiger charge is -2.01. The summed E-state index contributed by atoms with van der Waals surface area (Å²) in [5, 5.41) is 8.42. The highest BCUT2D eigenvalue weighted by Gasteiger charge is 2.03. The zero-order valence-corrected chi connectivity index (χ0v) is 8.38. The van der Waals surface area contributed by atoms with Gasteiger partial charge in [0.1, 0.15) is 6.07 Å². The molecule has 0 aromatic heterocycles. The second-order valence-corrected chi connectivity index (χ2v) is 2.95. The Kier molecular flexibility index (Phi) is 4.11. The van der Waals surface area contributed by atoms with Gasteiger partial charge in [-0.1, -0.05) is 30.3 Å². The van der Waals surface area contributed by atoms with Crippen LogP contribution in [0.1, 0.15) is 12.5 Å². The van der Waals surface area contributed by atoms with Gasteiger partial charge in [0.15, 0.2) is 6.10 Å². The van der Waals surface area contributed by atoms with E-state index in [1.807, 2.05) is 36.4 Å². The van der Waals surface area contributed by atoms with E-state index in [-0.39, 0.29) is 0 Å². The first kappa shape index (κ1) is 11.0. The normalized spacial score (nSPS) is 12.0. The molecule has 0 saturated carbocycles. The smallest absolute Gasteiger partial charge is 0.332 e. The number of hydrogen-bond acceptors (Lipinski definition) is 3. The summed E-state index contributed by atoms with van der Waals surface area (Å²) in [5.41, 5.74) is 0.916. The van der Waals surface area contributed by atoms with Crippen molar-refractivity contribution in [3.63, 3.8) is 0 Å². The van der Waals surface area contributed by atoms with Crippen molar-refractivity contribution in [2.45, 2.75) is 13.0 Å². The molecule has 0 saturated heterocycles. The number of nitriles is 1. The van der Waals surface area contributed by atoms with Crippen LogP contribution in [0.2, 0.25) is 0 Å². The predicted molar refractivity (Wildman–Crippen MR) is 56.6 cm³/mol. The van der Waals surface area contributed by atoms with Gasteiger partial charge >= 0.3 is 5.97 Å². The number of carbonyl (C=O) groups is 1. The third-order valence-corrected chi connectivity index (χ3v) is 1.69. The lowest BCUT2D eigenvalue weighted by molar-refractivity contribution is -0.139. The lowest BCUT2D eigenvalue weighted by atomic mass is 10.2. The minimum atomic E-state index is -0.710. The quantitative estimate of drug-likeness (QED) is 0.556. The number of carbonyl (C=O) groups excluding carboxylic acids is 1. The summed E-state index contributed by atoms with van der Waals surface area (Å²) >= 11 is 0. The van der Waals surface area contributed by atoms with Crippen molar-refractivity contribution in [2.75, 3.05) is 0 Å². The maximum atomic E-state index is 11.1. The summed E-state index contributed by atoms with van der Waals surface area (Å²) in [6, 6.07) is 11.2. The van der Waals surface area contributed by atoms with E-state index in [1.54, 1.807) is 6.08 Å². The molecule has 1 rings (SSSR count). The molecule has 0 radical (unpaired) electrons. The first-order valence-corrected chi connectivity index (χ1v) is 4.55. The van der Waals surface area contributed by atoms with Crippen molar-refractivity contribution >= 4 is 12.0 Å². The second-order valence-electron chi connectivity index (χ2n) is 2.95. The van der Waals surface area contributed by atoms with Crippen LogP contribution in [0.4, 0.5) is 0 Å². The van der Waals surface area contributed by atoms with Crippen LogP contribution in [-0.2, 0) is 9.53 Å². The van der Waals surface area contributed by atoms with E-state index in [1.165, 1.54) is 13.0 Å². The van der Waals surface area contributed by atoms with Crippen molar-refractivity contribution in [3.8, 4) is 6.07 Å². The summed E-state index contributed by atoms with van der Waals surface area (Å²) in [6.07, 6.45) is 2.24. The van der Waals surface area contributed by atoms with Crippen LogP contribution in [0.3, 0.4) is 0 Å². The second kappa shape index (κ2) is 5.61. The van der Waals surface area contributed by atoms with E-state index in [2.05, 4.69) is 0 Å². The highest BCUT2D eigenvalue weighted by molar-refractivity contribution is 5.87. The van der Waals surface area contributed by atoms with E-state index < -0.39 is 12.1 Å². The maximum absolute atomic E-state index is 11.1. The van der Waals surface area contributed by atoms with Crippen LogP contribution in [-0.4, -0.2) is 12.1 Å². The SMILES string of the molecule is CC(C#N)OC(=O)C=Cc1ccccc1. The summed E-state index contributed by atoms with van der Waals surface area (Å²) < 4.78 is 4.73. The van der Waals surface area contributed by atoms with Gasteiger partial charge in [-0.2, -0.15) is 5.26 Å². The molecule has 76 valence electrons. The molecule has 0 aliphatic rings. The Morgan fingerprint density at radius 2 is 2.13 bits per heavy atom. The van der Waals surface area contributed by atoms with Gasteiger partial charge in [0.05, 0.1) is 0 Å². The third-order valence-electron chi connectivity index (χ3n) is 1.69. The van der Waals surface area contributed by atoms with Gasteiger partial charge in [-0.25, -0.2) is 4.79 Å². The highest BCUT2D eigenvalue weighted by Crippen LogP contribution is 2.01. The zero-order chi connectivity index (χ0) is 11.1. The van der Waals surface area contributed by atoms with E-state index in [9.17, 15) is 4.79 Å². The summed E-state index contributed by atoms with van der Waals surface area (Å²) in [7, 11) is 0. The van der Waals surface area contributed by atoms with Crippen LogP contribution >= 0.6 is 0 Å². The highest BCUT2D eigenvalue weighted by atomic mass is 16.5. The van der Waals surface area contributed by atoms with E-state index in [0.717, 1.165) is 5.56 Å². The lowest BCUT2D eigenvalue weighted by Crippen LogP contribution is -2.10. The number of rotatable bonds is 3. The van der Waals surface area contributed by atoms with Gasteiger partial charge < -0.3 is 4.74 Å². The monoisotopic (exact) mass is 201 g/mol. The van der Waals surface area contributed by atoms with Gasteiger partial charge in [-0.05, 0) is 18.6 Å². The molecule has 0 spiro atoms. The molecule has 1 atom stereocenters. The molecular formula is C12H11NO2. The van der Waals surface area contributed by atoms with Crippen molar-refractivity contribution < 1.29 is 9.53 Å². The molecule has 15 heavy (non-hydrogen) atoms. The van der Waals surface area contributed by atoms with Crippen molar-refractivity contribution in [2.24, 2.45) is 0 Å². The molecule has 1 unspecified atom stereocenters. The van der Waals surface area contributed by atoms with Gasteiger partial charge in [-0.3, -0.25) is 0 Å². The van der Waals surface area contributed by atoms with E-state index >= 15 is 0 Å². The van der Waals surface area contributed by atoms with Crippen molar-refractivity contribution in [3.05, 3.63) is 42.0 Å². The molecule has 1 aromatic carbocycles. The van der Waals surface area contributed by atoms with Gasteiger partial charge in [0.25, 0.3) is 0 Å². The van der Waals surface area contributed by atoms with Crippen LogP contribution in [0.25, 0.3) is 6.08 Å². The fourth-order valence-electron chi connectivity index (χ4n) is 0.968. The predicted octanol–water partition coefficient (Wildman–Crippen LogP) is 2.16. The fourth-order valence-corrected chi connectivity index (χ4v) is 0.968. The molecule has 0 heterocycles. The first-order chi connectivity index (χ1) is 7.22. The van der Waals surface area contributed by atoms with E-state index in [0.29, 0.717) is 0 Å². The van der Waals surface area contributed by atoms with Crippen molar-refractivity contribution in [1.82, 2.24) is 0 Å². The molecule has 3 nitrogen and oxygen atoms in total. The van der Waals surface area contributed by atoms with Crippen molar-refractivity contribution in [1.29, 1.82) is 5.26 Å². The number of hydrogen-bond donors (Lipinski definition) is 0. The van der Waals surface area contributed by atoms with Crippen LogP contribution in [0.15, 0.2) is 36.4 Å². The molecule has 0 bridgehead atoms. The Bertz CT molecular complexity index is 390. The van der Waals surface area contributed by atoms with E-state index in [4.69, 9.17) is 10.00 Å². The van der Waals surface area contributed by atoms with Gasteiger partial charge in [0.2, 0.25) is 0 Å². The van der Waals surface area contributed by atoms with Crippen LogP contribution in [0.5, 0.6) is 0 Å². The Labute approximate surface area is 88.6 Å². The number of benzene rings is 1. The first-order valence-electron chi connectivity index (χ1n) is 4.55. The number of ether oxygens (including phenoxy) is 1. The Balaban J connectivity index is 2.53. The molecule has 0 fully saturated rings. The molecule has 0 aliphatic carbocycles. The van der Waals surface area contributed by atoms with Crippen LogP contribution in [0, 0.1) is 11.3 Å². The largest absolute Gasteiger partial charge is 0.444 e. The average molecular weight is 201 g/mol. The minimum Gasteiger partial charge on any atom is -0.444 e. The standard InChI is InChI=1S/C12H11NO2/c1-10(9-13)15-12(14)8-7-11-5-3-2-4-6-11/h2-8,10H,1H3. The zero-order valence-electron chi connectivity index (χ0n) is 8.38. The average Bonchev–Trinajstić information content (AvgIpc) is 2.27. The molecule has 0 N–H and O–H groups in total. The fraction of sp³-hybridized carbons (Fsp3) is 0.167. The Hall–Kier alpha value is -2.08.